The third kappa shape index (κ3) is 2.05. The van der Waals surface area contributed by atoms with Crippen molar-refractivity contribution in [2.75, 3.05) is 0 Å². The van der Waals surface area contributed by atoms with E-state index in [1.54, 1.807) is 17.5 Å². The Balaban J connectivity index is 1.84. The number of aromatic nitrogens is 3. The SMILES string of the molecule is ClCc1c(Oc2cccc3cccnc23)nc2sccn12. The van der Waals surface area contributed by atoms with Gasteiger partial charge in [0.15, 0.2) is 10.7 Å². The van der Waals surface area contributed by atoms with Crippen molar-refractivity contribution in [3.8, 4) is 11.6 Å². The van der Waals surface area contributed by atoms with Crippen LogP contribution in [0.3, 0.4) is 0 Å². The molecule has 0 N–H and O–H groups in total. The molecule has 4 aromatic rings. The van der Waals surface area contributed by atoms with Crippen LogP contribution in [0.2, 0.25) is 0 Å². The molecule has 0 radical (unpaired) electrons. The van der Waals surface area contributed by atoms with E-state index in [2.05, 4.69) is 9.97 Å². The molecule has 1 aromatic carbocycles. The lowest BCUT2D eigenvalue weighted by Gasteiger charge is -2.07. The van der Waals surface area contributed by atoms with Crippen molar-refractivity contribution in [2.45, 2.75) is 5.88 Å². The van der Waals surface area contributed by atoms with Crippen molar-refractivity contribution in [2.24, 2.45) is 0 Å². The van der Waals surface area contributed by atoms with Gasteiger partial charge in [-0.1, -0.05) is 18.2 Å². The van der Waals surface area contributed by atoms with E-state index in [4.69, 9.17) is 16.3 Å². The number of nitrogens with zero attached hydrogens (tertiary/aromatic N) is 3. The number of ether oxygens (including phenoxy) is 1. The van der Waals surface area contributed by atoms with Gasteiger partial charge in [-0.2, -0.15) is 4.98 Å². The number of benzene rings is 1. The summed E-state index contributed by atoms with van der Waals surface area (Å²) in [6.07, 6.45) is 3.70. The van der Waals surface area contributed by atoms with Crippen LogP contribution >= 0.6 is 22.9 Å². The maximum atomic E-state index is 6.04. The van der Waals surface area contributed by atoms with Crippen molar-refractivity contribution in [3.63, 3.8) is 0 Å². The molecule has 0 aliphatic rings. The molecule has 3 heterocycles. The third-order valence-corrected chi connectivity index (χ3v) is 4.26. The summed E-state index contributed by atoms with van der Waals surface area (Å²) in [5, 5.41) is 3.00. The zero-order chi connectivity index (χ0) is 14.2. The first kappa shape index (κ1) is 12.6. The van der Waals surface area contributed by atoms with Crippen LogP contribution in [-0.2, 0) is 5.88 Å². The minimum Gasteiger partial charge on any atom is -0.435 e. The fourth-order valence-electron chi connectivity index (χ4n) is 2.28. The van der Waals surface area contributed by atoms with Crippen LogP contribution in [0.25, 0.3) is 15.9 Å². The van der Waals surface area contributed by atoms with Gasteiger partial charge in [-0.15, -0.1) is 22.9 Å². The van der Waals surface area contributed by atoms with Crippen molar-refractivity contribution in [1.29, 1.82) is 0 Å². The maximum absolute atomic E-state index is 6.04. The summed E-state index contributed by atoms with van der Waals surface area (Å²) in [4.78, 5) is 9.75. The second kappa shape index (κ2) is 5.02. The highest BCUT2D eigenvalue weighted by Crippen LogP contribution is 2.32. The number of pyridine rings is 1. The van der Waals surface area contributed by atoms with Gasteiger partial charge in [0.05, 0.1) is 5.88 Å². The highest BCUT2D eigenvalue weighted by Gasteiger charge is 2.15. The summed E-state index contributed by atoms with van der Waals surface area (Å²) in [5.41, 5.74) is 1.66. The first-order valence-electron chi connectivity index (χ1n) is 6.39. The molecule has 0 saturated heterocycles. The van der Waals surface area contributed by atoms with Gasteiger partial charge in [0, 0.05) is 23.2 Å². The number of imidazole rings is 1. The number of rotatable bonds is 3. The lowest BCUT2D eigenvalue weighted by molar-refractivity contribution is 0.466. The summed E-state index contributed by atoms with van der Waals surface area (Å²) >= 11 is 7.59. The summed E-state index contributed by atoms with van der Waals surface area (Å²) in [6.45, 7) is 0. The number of alkyl halides is 1. The van der Waals surface area contributed by atoms with E-state index in [1.165, 1.54) is 0 Å². The lowest BCUT2D eigenvalue weighted by atomic mass is 10.2. The topological polar surface area (TPSA) is 39.4 Å². The zero-order valence-corrected chi connectivity index (χ0v) is 12.4. The Morgan fingerprint density at radius 3 is 3.05 bits per heavy atom. The van der Waals surface area contributed by atoms with Crippen LogP contribution in [0, 0.1) is 0 Å². The standard InChI is InChI=1S/C15H10ClN3OS/c16-9-11-14(18-15-19(11)7-8-21-15)20-12-5-1-3-10-4-2-6-17-13(10)12/h1-8H,9H2. The smallest absolute Gasteiger partial charge is 0.243 e. The molecule has 3 aromatic heterocycles. The average Bonchev–Trinajstić information content (AvgIpc) is 3.08. The summed E-state index contributed by atoms with van der Waals surface area (Å²) in [6, 6.07) is 9.74. The van der Waals surface area contributed by atoms with Gasteiger partial charge in [-0.05, 0) is 12.1 Å². The fraction of sp³-hybridized carbons (Fsp3) is 0.0667. The molecule has 21 heavy (non-hydrogen) atoms. The molecule has 4 rings (SSSR count). The zero-order valence-electron chi connectivity index (χ0n) is 10.9. The number of thiazole rings is 1. The summed E-state index contributed by atoms with van der Waals surface area (Å²) in [5.74, 6) is 1.56. The Kier molecular flexibility index (Phi) is 3.02. The van der Waals surface area contributed by atoms with Crippen molar-refractivity contribution in [1.82, 2.24) is 14.4 Å². The monoisotopic (exact) mass is 315 g/mol. The van der Waals surface area contributed by atoms with Crippen LogP contribution in [0.4, 0.5) is 0 Å². The Labute approximate surface area is 129 Å². The number of hydrogen-bond donors (Lipinski definition) is 0. The largest absolute Gasteiger partial charge is 0.435 e. The number of halogens is 1. The second-order valence-electron chi connectivity index (χ2n) is 4.49. The molecule has 0 aliphatic carbocycles. The first-order chi connectivity index (χ1) is 10.4. The maximum Gasteiger partial charge on any atom is 0.243 e. The lowest BCUT2D eigenvalue weighted by Crippen LogP contribution is -1.92. The number of hydrogen-bond acceptors (Lipinski definition) is 4. The molecule has 0 bridgehead atoms. The Hall–Kier alpha value is -2.11. The molecule has 0 unspecified atom stereocenters. The Morgan fingerprint density at radius 1 is 1.24 bits per heavy atom. The van der Waals surface area contributed by atoms with Crippen LogP contribution < -0.4 is 4.74 Å². The fourth-order valence-corrected chi connectivity index (χ4v) is 3.25. The van der Waals surface area contributed by atoms with E-state index in [0.717, 1.165) is 21.6 Å². The van der Waals surface area contributed by atoms with E-state index in [0.29, 0.717) is 17.5 Å². The van der Waals surface area contributed by atoms with E-state index in [1.807, 2.05) is 46.3 Å². The van der Waals surface area contributed by atoms with E-state index >= 15 is 0 Å². The first-order valence-corrected chi connectivity index (χ1v) is 7.80. The third-order valence-electron chi connectivity index (χ3n) is 3.25. The van der Waals surface area contributed by atoms with Crippen molar-refractivity contribution in [3.05, 3.63) is 53.8 Å². The van der Waals surface area contributed by atoms with Crippen LogP contribution in [0.15, 0.2) is 48.1 Å². The predicted molar refractivity (Wildman–Crippen MR) is 84.4 cm³/mol. The van der Waals surface area contributed by atoms with E-state index in [9.17, 15) is 0 Å². The highest BCUT2D eigenvalue weighted by atomic mass is 35.5. The highest BCUT2D eigenvalue weighted by molar-refractivity contribution is 7.15. The molecule has 0 aliphatic heterocycles. The molecule has 0 saturated carbocycles. The van der Waals surface area contributed by atoms with Gasteiger partial charge >= 0.3 is 0 Å². The van der Waals surface area contributed by atoms with Gasteiger partial charge < -0.3 is 4.74 Å². The molecule has 0 atom stereocenters. The molecular weight excluding hydrogens is 306 g/mol. The van der Waals surface area contributed by atoms with Gasteiger partial charge in [0.1, 0.15) is 11.2 Å². The summed E-state index contributed by atoms with van der Waals surface area (Å²) in [7, 11) is 0. The normalized spacial score (nSPS) is 11.3. The van der Waals surface area contributed by atoms with Crippen LogP contribution in [-0.4, -0.2) is 14.4 Å². The van der Waals surface area contributed by atoms with E-state index < -0.39 is 0 Å². The van der Waals surface area contributed by atoms with Crippen molar-refractivity contribution < 1.29 is 4.74 Å². The molecule has 0 fully saturated rings. The molecule has 4 nitrogen and oxygen atoms in total. The van der Waals surface area contributed by atoms with E-state index in [-0.39, 0.29) is 0 Å². The molecular formula is C15H10ClN3OS. The Bertz CT molecular complexity index is 926. The van der Waals surface area contributed by atoms with Gasteiger partial charge in [-0.25, -0.2) is 0 Å². The second-order valence-corrected chi connectivity index (χ2v) is 5.63. The number of fused-ring (bicyclic) bond motifs is 2. The summed E-state index contributed by atoms with van der Waals surface area (Å²) < 4.78 is 7.93. The Morgan fingerprint density at radius 2 is 2.14 bits per heavy atom. The molecule has 0 amide bonds. The minimum absolute atomic E-state index is 0.339. The molecule has 104 valence electrons. The van der Waals surface area contributed by atoms with Crippen LogP contribution in [0.5, 0.6) is 11.6 Å². The van der Waals surface area contributed by atoms with Gasteiger partial charge in [0.25, 0.3) is 0 Å². The van der Waals surface area contributed by atoms with Gasteiger partial charge in [-0.3, -0.25) is 9.38 Å². The number of para-hydroxylation sites is 1. The molecule has 0 spiro atoms. The molecule has 6 heteroatoms. The van der Waals surface area contributed by atoms with Gasteiger partial charge in [0.2, 0.25) is 5.88 Å². The predicted octanol–water partition coefficient (Wildman–Crippen LogP) is 4.48. The quantitative estimate of drug-likeness (QED) is 0.523. The average molecular weight is 316 g/mol. The minimum atomic E-state index is 0.339. The van der Waals surface area contributed by atoms with Crippen LogP contribution in [0.1, 0.15) is 5.69 Å². The van der Waals surface area contributed by atoms with Crippen molar-refractivity contribution >= 4 is 38.8 Å².